The van der Waals surface area contributed by atoms with Gasteiger partial charge in [0.05, 0.1) is 12.5 Å². The molecule has 0 aromatic heterocycles. The largest absolute Gasteiger partial charge is 0.462 e. The fourth-order valence-electron chi connectivity index (χ4n) is 1.71. The molecule has 3 heteroatoms. The van der Waals surface area contributed by atoms with E-state index in [4.69, 9.17) is 4.74 Å². The smallest absolute Gasteiger partial charge is 0.308 e. The Morgan fingerprint density at radius 3 is 3.07 bits per heavy atom. The minimum absolute atomic E-state index is 0.130. The number of hydrogen-bond donors (Lipinski definition) is 1. The molecule has 1 aliphatic rings. The standard InChI is InChI=1S/C12H18O3/c1-3-4-9(2)5-6-11-7-10(13)8-12(14)15-11/h3-4,10-11,13H,1,5-8H2,2H3. The first-order valence-electron chi connectivity index (χ1n) is 5.27. The van der Waals surface area contributed by atoms with E-state index in [1.54, 1.807) is 6.08 Å². The molecule has 2 unspecified atom stereocenters. The van der Waals surface area contributed by atoms with Crippen LogP contribution in [0.25, 0.3) is 0 Å². The van der Waals surface area contributed by atoms with Crippen molar-refractivity contribution in [2.75, 3.05) is 0 Å². The van der Waals surface area contributed by atoms with Crippen LogP contribution < -0.4 is 0 Å². The maximum atomic E-state index is 11.0. The Kier molecular flexibility index (Phi) is 4.56. The summed E-state index contributed by atoms with van der Waals surface area (Å²) < 4.78 is 5.13. The van der Waals surface area contributed by atoms with Gasteiger partial charge in [-0.25, -0.2) is 0 Å². The minimum atomic E-state index is -0.528. The predicted molar refractivity (Wildman–Crippen MR) is 58.3 cm³/mol. The number of aliphatic hydroxyl groups is 1. The number of aliphatic hydroxyl groups excluding tert-OH is 1. The van der Waals surface area contributed by atoms with Gasteiger partial charge in [-0.1, -0.05) is 24.3 Å². The van der Waals surface area contributed by atoms with Gasteiger partial charge in [0, 0.05) is 6.42 Å². The average Bonchev–Trinajstić information content (AvgIpc) is 2.14. The molecule has 2 atom stereocenters. The third-order valence-electron chi connectivity index (χ3n) is 2.50. The summed E-state index contributed by atoms with van der Waals surface area (Å²) in [5.41, 5.74) is 1.21. The molecule has 1 saturated heterocycles. The highest BCUT2D eigenvalue weighted by atomic mass is 16.5. The van der Waals surface area contributed by atoms with Gasteiger partial charge < -0.3 is 9.84 Å². The first kappa shape index (κ1) is 12.0. The Bertz CT molecular complexity index is 268. The van der Waals surface area contributed by atoms with Crippen molar-refractivity contribution in [1.82, 2.24) is 0 Å². The van der Waals surface area contributed by atoms with Gasteiger partial charge in [-0.3, -0.25) is 4.79 Å². The van der Waals surface area contributed by atoms with Crippen LogP contribution >= 0.6 is 0 Å². The zero-order valence-electron chi connectivity index (χ0n) is 9.11. The van der Waals surface area contributed by atoms with E-state index in [-0.39, 0.29) is 18.5 Å². The maximum Gasteiger partial charge on any atom is 0.308 e. The molecule has 1 N–H and O–H groups in total. The van der Waals surface area contributed by atoms with E-state index in [1.807, 2.05) is 13.0 Å². The number of esters is 1. The zero-order chi connectivity index (χ0) is 11.3. The molecule has 1 aliphatic heterocycles. The van der Waals surface area contributed by atoms with Crippen molar-refractivity contribution in [3.63, 3.8) is 0 Å². The molecule has 0 amide bonds. The molecule has 0 radical (unpaired) electrons. The second kappa shape index (κ2) is 5.71. The summed E-state index contributed by atoms with van der Waals surface area (Å²) in [5.74, 6) is -0.288. The van der Waals surface area contributed by atoms with Gasteiger partial charge >= 0.3 is 5.97 Å². The lowest BCUT2D eigenvalue weighted by Crippen LogP contribution is -2.32. The van der Waals surface area contributed by atoms with E-state index in [0.29, 0.717) is 6.42 Å². The number of cyclic esters (lactones) is 1. The number of carbonyl (C=O) groups is 1. The Labute approximate surface area is 90.4 Å². The maximum absolute atomic E-state index is 11.0. The van der Waals surface area contributed by atoms with Crippen LogP contribution in [0.5, 0.6) is 0 Å². The Morgan fingerprint density at radius 2 is 2.47 bits per heavy atom. The molecule has 84 valence electrons. The molecular formula is C12H18O3. The second-order valence-electron chi connectivity index (χ2n) is 3.99. The summed E-state index contributed by atoms with van der Waals surface area (Å²) in [4.78, 5) is 11.0. The summed E-state index contributed by atoms with van der Waals surface area (Å²) in [6.07, 6.45) is 5.38. The number of allylic oxidation sites excluding steroid dienone is 3. The molecule has 15 heavy (non-hydrogen) atoms. The first-order chi connectivity index (χ1) is 7.11. The molecule has 0 spiro atoms. The van der Waals surface area contributed by atoms with Gasteiger partial charge in [-0.05, 0) is 19.8 Å². The summed E-state index contributed by atoms with van der Waals surface area (Å²) in [6, 6.07) is 0. The molecule has 0 bridgehead atoms. The van der Waals surface area contributed by atoms with Crippen LogP contribution in [-0.4, -0.2) is 23.3 Å². The van der Waals surface area contributed by atoms with Crippen LogP contribution in [0.4, 0.5) is 0 Å². The van der Waals surface area contributed by atoms with Crippen LogP contribution in [0.15, 0.2) is 24.3 Å². The monoisotopic (exact) mass is 210 g/mol. The van der Waals surface area contributed by atoms with E-state index >= 15 is 0 Å². The molecule has 0 aromatic carbocycles. The van der Waals surface area contributed by atoms with Crippen LogP contribution in [0.1, 0.15) is 32.6 Å². The van der Waals surface area contributed by atoms with E-state index in [1.165, 1.54) is 5.57 Å². The molecular weight excluding hydrogens is 192 g/mol. The number of hydrogen-bond acceptors (Lipinski definition) is 3. The van der Waals surface area contributed by atoms with Gasteiger partial charge in [0.15, 0.2) is 0 Å². The fourth-order valence-corrected chi connectivity index (χ4v) is 1.71. The van der Waals surface area contributed by atoms with Gasteiger partial charge in [-0.2, -0.15) is 0 Å². The van der Waals surface area contributed by atoms with Crippen LogP contribution in [0, 0.1) is 0 Å². The van der Waals surface area contributed by atoms with Crippen molar-refractivity contribution in [3.8, 4) is 0 Å². The summed E-state index contributed by atoms with van der Waals surface area (Å²) in [5, 5.41) is 9.39. The molecule has 0 aromatic rings. The van der Waals surface area contributed by atoms with Crippen LogP contribution in [-0.2, 0) is 9.53 Å². The molecule has 1 rings (SSSR count). The second-order valence-corrected chi connectivity index (χ2v) is 3.99. The SMILES string of the molecule is C=CC=C(C)CCC1CC(O)CC(=O)O1. The van der Waals surface area contributed by atoms with E-state index < -0.39 is 6.10 Å². The van der Waals surface area contributed by atoms with Crippen molar-refractivity contribution in [3.05, 3.63) is 24.3 Å². The zero-order valence-corrected chi connectivity index (χ0v) is 9.11. The topological polar surface area (TPSA) is 46.5 Å². The third-order valence-corrected chi connectivity index (χ3v) is 2.50. The number of carbonyl (C=O) groups excluding carboxylic acids is 1. The predicted octanol–water partition coefficient (Wildman–Crippen LogP) is 1.97. The molecule has 1 heterocycles. The van der Waals surface area contributed by atoms with Crippen LogP contribution in [0.3, 0.4) is 0 Å². The number of rotatable bonds is 4. The van der Waals surface area contributed by atoms with E-state index in [2.05, 4.69) is 6.58 Å². The van der Waals surface area contributed by atoms with E-state index in [0.717, 1.165) is 12.8 Å². The van der Waals surface area contributed by atoms with Gasteiger partial charge in [0.1, 0.15) is 6.10 Å². The Balaban J connectivity index is 2.35. The van der Waals surface area contributed by atoms with Crippen molar-refractivity contribution in [2.24, 2.45) is 0 Å². The summed E-state index contributed by atoms with van der Waals surface area (Å²) in [6.45, 7) is 5.63. The third kappa shape index (κ3) is 4.30. The van der Waals surface area contributed by atoms with Crippen LogP contribution in [0.2, 0.25) is 0 Å². The van der Waals surface area contributed by atoms with Crippen molar-refractivity contribution in [2.45, 2.75) is 44.8 Å². The fraction of sp³-hybridized carbons (Fsp3) is 0.583. The van der Waals surface area contributed by atoms with Crippen molar-refractivity contribution < 1.29 is 14.6 Å². The molecule has 0 aliphatic carbocycles. The Hall–Kier alpha value is -1.09. The minimum Gasteiger partial charge on any atom is -0.462 e. The average molecular weight is 210 g/mol. The number of ether oxygens (including phenoxy) is 1. The lowest BCUT2D eigenvalue weighted by atomic mass is 9.99. The van der Waals surface area contributed by atoms with E-state index in [9.17, 15) is 9.90 Å². The molecule has 0 saturated carbocycles. The highest BCUT2D eigenvalue weighted by molar-refractivity contribution is 5.70. The normalized spacial score (nSPS) is 27.3. The quantitative estimate of drug-likeness (QED) is 0.570. The molecule has 1 fully saturated rings. The van der Waals surface area contributed by atoms with Crippen molar-refractivity contribution in [1.29, 1.82) is 0 Å². The lowest BCUT2D eigenvalue weighted by molar-refractivity contribution is -0.160. The molecule has 3 nitrogen and oxygen atoms in total. The highest BCUT2D eigenvalue weighted by Gasteiger charge is 2.26. The summed E-state index contributed by atoms with van der Waals surface area (Å²) in [7, 11) is 0. The van der Waals surface area contributed by atoms with Gasteiger partial charge in [0.25, 0.3) is 0 Å². The Morgan fingerprint density at radius 1 is 1.73 bits per heavy atom. The highest BCUT2D eigenvalue weighted by Crippen LogP contribution is 2.20. The lowest BCUT2D eigenvalue weighted by Gasteiger charge is -2.25. The van der Waals surface area contributed by atoms with Gasteiger partial charge in [0.2, 0.25) is 0 Å². The first-order valence-corrected chi connectivity index (χ1v) is 5.27. The van der Waals surface area contributed by atoms with Gasteiger partial charge in [-0.15, -0.1) is 0 Å². The van der Waals surface area contributed by atoms with Crippen molar-refractivity contribution >= 4 is 5.97 Å². The summed E-state index contributed by atoms with van der Waals surface area (Å²) >= 11 is 0.